The van der Waals surface area contributed by atoms with Gasteiger partial charge in [-0.2, -0.15) is 0 Å². The first kappa shape index (κ1) is 17.3. The molecule has 3 aromatic rings. The van der Waals surface area contributed by atoms with Gasteiger partial charge in [0.15, 0.2) is 5.69 Å². The fourth-order valence-electron chi connectivity index (χ4n) is 3.18. The van der Waals surface area contributed by atoms with Crippen molar-refractivity contribution >= 4 is 5.91 Å². The standard InChI is InChI=1S/C21H22N4O2/c1-15-20(22-23-25(15)18-9-6-10-19(13-18)27-2)21(26)24(17-11-12-17)14-16-7-4-3-5-8-16/h3-10,13,17H,11-12,14H2,1-2H3. The molecule has 1 aliphatic rings. The Bertz CT molecular complexity index is 948. The number of hydrogen-bond acceptors (Lipinski definition) is 4. The summed E-state index contributed by atoms with van der Waals surface area (Å²) in [5, 5.41) is 8.42. The zero-order valence-corrected chi connectivity index (χ0v) is 15.5. The Hall–Kier alpha value is -3.15. The summed E-state index contributed by atoms with van der Waals surface area (Å²) < 4.78 is 6.96. The minimum Gasteiger partial charge on any atom is -0.497 e. The Morgan fingerprint density at radius 3 is 2.67 bits per heavy atom. The van der Waals surface area contributed by atoms with E-state index < -0.39 is 0 Å². The number of nitrogens with zero attached hydrogens (tertiary/aromatic N) is 4. The fraction of sp³-hybridized carbons (Fsp3) is 0.286. The molecular formula is C21H22N4O2. The molecule has 0 spiro atoms. The Labute approximate surface area is 158 Å². The molecule has 1 heterocycles. The van der Waals surface area contributed by atoms with Gasteiger partial charge in [-0.1, -0.05) is 41.6 Å². The summed E-state index contributed by atoms with van der Waals surface area (Å²) in [6.07, 6.45) is 2.09. The van der Waals surface area contributed by atoms with Crippen molar-refractivity contribution in [3.05, 3.63) is 71.5 Å². The zero-order valence-electron chi connectivity index (χ0n) is 15.5. The van der Waals surface area contributed by atoms with E-state index in [1.165, 1.54) is 0 Å². The average Bonchev–Trinajstić information content (AvgIpc) is 3.48. The second kappa shape index (κ2) is 7.23. The summed E-state index contributed by atoms with van der Waals surface area (Å²) in [6, 6.07) is 17.9. The van der Waals surface area contributed by atoms with E-state index in [1.54, 1.807) is 11.8 Å². The molecule has 1 saturated carbocycles. The topological polar surface area (TPSA) is 60.2 Å². The lowest BCUT2D eigenvalue weighted by Crippen LogP contribution is -2.33. The number of carbonyl (C=O) groups is 1. The molecule has 4 rings (SSSR count). The third kappa shape index (κ3) is 3.56. The van der Waals surface area contributed by atoms with Crippen molar-refractivity contribution in [2.24, 2.45) is 0 Å². The summed E-state index contributed by atoms with van der Waals surface area (Å²) in [4.78, 5) is 15.1. The van der Waals surface area contributed by atoms with Gasteiger partial charge in [-0.25, -0.2) is 4.68 Å². The summed E-state index contributed by atoms with van der Waals surface area (Å²) in [7, 11) is 1.62. The van der Waals surface area contributed by atoms with E-state index in [0.29, 0.717) is 18.3 Å². The van der Waals surface area contributed by atoms with E-state index in [1.807, 2.05) is 66.4 Å². The summed E-state index contributed by atoms with van der Waals surface area (Å²) in [5.41, 5.74) is 3.07. The lowest BCUT2D eigenvalue weighted by Gasteiger charge is -2.21. The molecule has 0 bridgehead atoms. The summed E-state index contributed by atoms with van der Waals surface area (Å²) in [6.45, 7) is 2.47. The second-order valence-corrected chi connectivity index (χ2v) is 6.79. The molecule has 0 atom stereocenters. The van der Waals surface area contributed by atoms with E-state index in [4.69, 9.17) is 4.74 Å². The molecule has 27 heavy (non-hydrogen) atoms. The number of hydrogen-bond donors (Lipinski definition) is 0. The van der Waals surface area contributed by atoms with Crippen molar-refractivity contribution in [3.8, 4) is 11.4 Å². The molecule has 0 unspecified atom stereocenters. The highest BCUT2D eigenvalue weighted by Crippen LogP contribution is 2.30. The Morgan fingerprint density at radius 2 is 1.96 bits per heavy atom. The first-order chi connectivity index (χ1) is 13.2. The van der Waals surface area contributed by atoms with Crippen LogP contribution in [0.5, 0.6) is 5.75 Å². The maximum absolute atomic E-state index is 13.2. The molecule has 1 aromatic heterocycles. The van der Waals surface area contributed by atoms with Crippen LogP contribution in [0.2, 0.25) is 0 Å². The molecule has 0 N–H and O–H groups in total. The Morgan fingerprint density at radius 1 is 1.19 bits per heavy atom. The molecule has 6 heteroatoms. The van der Waals surface area contributed by atoms with E-state index in [0.717, 1.165) is 35.5 Å². The number of benzene rings is 2. The normalized spacial score (nSPS) is 13.4. The predicted octanol–water partition coefficient (Wildman–Crippen LogP) is 3.39. The number of methoxy groups -OCH3 is 1. The van der Waals surface area contributed by atoms with E-state index >= 15 is 0 Å². The molecule has 1 aliphatic carbocycles. The highest BCUT2D eigenvalue weighted by atomic mass is 16.5. The van der Waals surface area contributed by atoms with Gasteiger partial charge in [-0.05, 0) is 37.5 Å². The Balaban J connectivity index is 1.62. The quantitative estimate of drug-likeness (QED) is 0.674. The van der Waals surface area contributed by atoms with Gasteiger partial charge in [0.1, 0.15) is 5.75 Å². The van der Waals surface area contributed by atoms with Gasteiger partial charge in [0, 0.05) is 18.7 Å². The van der Waals surface area contributed by atoms with Crippen molar-refractivity contribution in [1.29, 1.82) is 0 Å². The third-order valence-corrected chi connectivity index (χ3v) is 4.84. The first-order valence-corrected chi connectivity index (χ1v) is 9.09. The molecule has 0 saturated heterocycles. The van der Waals surface area contributed by atoms with Crippen LogP contribution in [0.3, 0.4) is 0 Å². The third-order valence-electron chi connectivity index (χ3n) is 4.84. The predicted molar refractivity (Wildman–Crippen MR) is 102 cm³/mol. The highest BCUT2D eigenvalue weighted by Gasteiger charge is 2.35. The second-order valence-electron chi connectivity index (χ2n) is 6.79. The fourth-order valence-corrected chi connectivity index (χ4v) is 3.18. The van der Waals surface area contributed by atoms with E-state index in [-0.39, 0.29) is 5.91 Å². The van der Waals surface area contributed by atoms with Crippen molar-refractivity contribution in [3.63, 3.8) is 0 Å². The molecule has 1 amide bonds. The van der Waals surface area contributed by atoms with Gasteiger partial charge < -0.3 is 9.64 Å². The minimum atomic E-state index is -0.0620. The van der Waals surface area contributed by atoms with E-state index in [2.05, 4.69) is 10.3 Å². The van der Waals surface area contributed by atoms with Crippen LogP contribution in [0.4, 0.5) is 0 Å². The maximum Gasteiger partial charge on any atom is 0.276 e. The summed E-state index contributed by atoms with van der Waals surface area (Å²) >= 11 is 0. The van der Waals surface area contributed by atoms with Crippen LogP contribution in [0.1, 0.15) is 34.6 Å². The highest BCUT2D eigenvalue weighted by molar-refractivity contribution is 5.93. The van der Waals surface area contributed by atoms with Crippen molar-refractivity contribution in [2.75, 3.05) is 7.11 Å². The SMILES string of the molecule is COc1cccc(-n2nnc(C(=O)N(Cc3ccccc3)C3CC3)c2C)c1. The molecule has 2 aromatic carbocycles. The van der Waals surface area contributed by atoms with Crippen LogP contribution in [0, 0.1) is 6.92 Å². The molecule has 0 radical (unpaired) electrons. The lowest BCUT2D eigenvalue weighted by molar-refractivity contribution is 0.0723. The number of aromatic nitrogens is 3. The van der Waals surface area contributed by atoms with Crippen LogP contribution < -0.4 is 4.74 Å². The Kier molecular flexibility index (Phi) is 4.62. The summed E-state index contributed by atoms with van der Waals surface area (Å²) in [5.74, 6) is 0.673. The van der Waals surface area contributed by atoms with Crippen LogP contribution in [-0.2, 0) is 6.54 Å². The van der Waals surface area contributed by atoms with Crippen molar-refractivity contribution < 1.29 is 9.53 Å². The number of ether oxygens (including phenoxy) is 1. The molecule has 1 fully saturated rings. The number of rotatable bonds is 6. The van der Waals surface area contributed by atoms with Gasteiger partial charge in [-0.15, -0.1) is 5.10 Å². The van der Waals surface area contributed by atoms with Gasteiger partial charge in [0.05, 0.1) is 18.5 Å². The number of amides is 1. The average molecular weight is 362 g/mol. The van der Waals surface area contributed by atoms with Crippen molar-refractivity contribution in [2.45, 2.75) is 32.4 Å². The molecule has 0 aliphatic heterocycles. The monoisotopic (exact) mass is 362 g/mol. The minimum absolute atomic E-state index is 0.0620. The van der Waals surface area contributed by atoms with Crippen LogP contribution in [-0.4, -0.2) is 39.0 Å². The van der Waals surface area contributed by atoms with Gasteiger partial charge in [0.2, 0.25) is 0 Å². The van der Waals surface area contributed by atoms with Crippen LogP contribution in [0.25, 0.3) is 5.69 Å². The lowest BCUT2D eigenvalue weighted by atomic mass is 10.2. The van der Waals surface area contributed by atoms with Crippen LogP contribution >= 0.6 is 0 Å². The molecule has 6 nitrogen and oxygen atoms in total. The smallest absolute Gasteiger partial charge is 0.276 e. The zero-order chi connectivity index (χ0) is 18.8. The van der Waals surface area contributed by atoms with Crippen molar-refractivity contribution in [1.82, 2.24) is 19.9 Å². The molecule has 138 valence electrons. The maximum atomic E-state index is 13.2. The van der Waals surface area contributed by atoms with Crippen LogP contribution in [0.15, 0.2) is 54.6 Å². The molecular weight excluding hydrogens is 340 g/mol. The van der Waals surface area contributed by atoms with Gasteiger partial charge in [-0.3, -0.25) is 4.79 Å². The largest absolute Gasteiger partial charge is 0.497 e. The van der Waals surface area contributed by atoms with E-state index in [9.17, 15) is 4.79 Å². The number of carbonyl (C=O) groups excluding carboxylic acids is 1. The van der Waals surface area contributed by atoms with Gasteiger partial charge >= 0.3 is 0 Å². The van der Waals surface area contributed by atoms with Gasteiger partial charge in [0.25, 0.3) is 5.91 Å². The first-order valence-electron chi connectivity index (χ1n) is 9.09.